The van der Waals surface area contributed by atoms with E-state index in [1.165, 1.54) is 37.1 Å². The molecule has 7 heteroatoms. The number of benzene rings is 1. The van der Waals surface area contributed by atoms with Crippen LogP contribution in [0.15, 0.2) is 24.3 Å². The van der Waals surface area contributed by atoms with Gasteiger partial charge in [-0.2, -0.15) is 0 Å². The summed E-state index contributed by atoms with van der Waals surface area (Å²) >= 11 is 0. The van der Waals surface area contributed by atoms with Gasteiger partial charge in [-0.05, 0) is 44.0 Å². The van der Waals surface area contributed by atoms with E-state index < -0.39 is 4.92 Å². The Hall–Kier alpha value is -2.15. The quantitative estimate of drug-likeness (QED) is 0.623. The number of nitro groups is 1. The SMILES string of the molecule is CC(C)C(CNC(=O)Nc1ccc([N+](=O)[O-])cc1)N1CCCC1. The van der Waals surface area contributed by atoms with Crippen molar-refractivity contribution in [2.24, 2.45) is 5.92 Å². The molecule has 1 aromatic carbocycles. The van der Waals surface area contributed by atoms with E-state index in [2.05, 4.69) is 29.4 Å². The number of likely N-dealkylation sites (tertiary alicyclic amines) is 1. The number of nitro benzene ring substituents is 1. The van der Waals surface area contributed by atoms with Gasteiger partial charge in [0.05, 0.1) is 4.92 Å². The van der Waals surface area contributed by atoms with E-state index in [0.29, 0.717) is 24.2 Å². The summed E-state index contributed by atoms with van der Waals surface area (Å²) in [6, 6.07) is 5.84. The molecule has 0 radical (unpaired) electrons. The summed E-state index contributed by atoms with van der Waals surface area (Å²) in [4.78, 5) is 24.6. The first kappa shape index (κ1) is 17.2. The van der Waals surface area contributed by atoms with Crippen LogP contribution < -0.4 is 10.6 Å². The number of rotatable bonds is 6. The molecule has 1 unspecified atom stereocenters. The van der Waals surface area contributed by atoms with Gasteiger partial charge in [0.25, 0.3) is 5.69 Å². The summed E-state index contributed by atoms with van der Waals surface area (Å²) in [5, 5.41) is 16.2. The van der Waals surface area contributed by atoms with Crippen LogP contribution in [0.4, 0.5) is 16.2 Å². The lowest BCUT2D eigenvalue weighted by Gasteiger charge is -2.30. The van der Waals surface area contributed by atoms with Crippen molar-refractivity contribution in [1.29, 1.82) is 0 Å². The molecule has 1 fully saturated rings. The average Bonchev–Trinajstić information content (AvgIpc) is 3.01. The molecule has 0 aromatic heterocycles. The largest absolute Gasteiger partial charge is 0.336 e. The van der Waals surface area contributed by atoms with Gasteiger partial charge in [-0.1, -0.05) is 13.8 Å². The van der Waals surface area contributed by atoms with Crippen molar-refractivity contribution in [1.82, 2.24) is 10.2 Å². The van der Waals surface area contributed by atoms with Gasteiger partial charge in [0.1, 0.15) is 0 Å². The van der Waals surface area contributed by atoms with Crippen LogP contribution in [0.2, 0.25) is 0 Å². The minimum atomic E-state index is -0.465. The molecule has 0 saturated carbocycles. The van der Waals surface area contributed by atoms with E-state index >= 15 is 0 Å². The van der Waals surface area contributed by atoms with Gasteiger partial charge in [0, 0.05) is 30.4 Å². The molecular formula is C16H24N4O3. The minimum Gasteiger partial charge on any atom is -0.336 e. The Morgan fingerprint density at radius 3 is 2.39 bits per heavy atom. The first-order valence-electron chi connectivity index (χ1n) is 8.00. The summed E-state index contributed by atoms with van der Waals surface area (Å²) in [5.41, 5.74) is 0.542. The van der Waals surface area contributed by atoms with Crippen molar-refractivity contribution in [3.05, 3.63) is 34.4 Å². The molecule has 1 saturated heterocycles. The van der Waals surface area contributed by atoms with Crippen LogP contribution in [0.25, 0.3) is 0 Å². The fourth-order valence-electron chi connectivity index (χ4n) is 2.90. The first-order valence-corrected chi connectivity index (χ1v) is 8.00. The third kappa shape index (κ3) is 4.92. The Morgan fingerprint density at radius 1 is 1.26 bits per heavy atom. The molecule has 23 heavy (non-hydrogen) atoms. The number of carbonyl (C=O) groups excluding carboxylic acids is 1. The third-order valence-electron chi connectivity index (χ3n) is 4.19. The highest BCUT2D eigenvalue weighted by molar-refractivity contribution is 5.89. The van der Waals surface area contributed by atoms with Gasteiger partial charge in [0.2, 0.25) is 0 Å². The molecule has 1 heterocycles. The lowest BCUT2D eigenvalue weighted by molar-refractivity contribution is -0.384. The molecule has 1 aromatic rings. The number of nitrogens with one attached hydrogen (secondary N) is 2. The highest BCUT2D eigenvalue weighted by Gasteiger charge is 2.24. The molecule has 2 rings (SSSR count). The fraction of sp³-hybridized carbons (Fsp3) is 0.562. The van der Waals surface area contributed by atoms with E-state index in [1.54, 1.807) is 0 Å². The molecule has 2 amide bonds. The van der Waals surface area contributed by atoms with Gasteiger partial charge < -0.3 is 10.6 Å². The van der Waals surface area contributed by atoms with Crippen molar-refractivity contribution >= 4 is 17.4 Å². The number of amides is 2. The van der Waals surface area contributed by atoms with E-state index in [4.69, 9.17) is 0 Å². The Morgan fingerprint density at radius 2 is 1.87 bits per heavy atom. The highest BCUT2D eigenvalue weighted by Crippen LogP contribution is 2.18. The van der Waals surface area contributed by atoms with E-state index in [0.717, 1.165) is 13.1 Å². The number of hydrogen-bond acceptors (Lipinski definition) is 4. The summed E-state index contributed by atoms with van der Waals surface area (Å²) in [6.45, 7) is 7.11. The maximum absolute atomic E-state index is 12.0. The monoisotopic (exact) mass is 320 g/mol. The number of non-ortho nitro benzene ring substituents is 1. The van der Waals surface area contributed by atoms with Crippen LogP contribution >= 0.6 is 0 Å². The average molecular weight is 320 g/mol. The second-order valence-electron chi connectivity index (χ2n) is 6.19. The van der Waals surface area contributed by atoms with Gasteiger partial charge in [-0.15, -0.1) is 0 Å². The summed E-state index contributed by atoms with van der Waals surface area (Å²) < 4.78 is 0. The predicted molar refractivity (Wildman–Crippen MR) is 89.6 cm³/mol. The van der Waals surface area contributed by atoms with Gasteiger partial charge in [-0.25, -0.2) is 4.79 Å². The molecule has 0 bridgehead atoms. The van der Waals surface area contributed by atoms with E-state index in [-0.39, 0.29) is 11.7 Å². The molecule has 1 atom stereocenters. The Balaban J connectivity index is 1.84. The minimum absolute atomic E-state index is 0.00450. The zero-order valence-corrected chi connectivity index (χ0v) is 13.6. The van der Waals surface area contributed by atoms with E-state index in [1.807, 2.05) is 0 Å². The second kappa shape index (κ2) is 7.92. The third-order valence-corrected chi connectivity index (χ3v) is 4.19. The van der Waals surface area contributed by atoms with Gasteiger partial charge in [0.15, 0.2) is 0 Å². The number of anilines is 1. The van der Waals surface area contributed by atoms with Crippen molar-refractivity contribution in [2.45, 2.75) is 32.7 Å². The molecule has 0 spiro atoms. The first-order chi connectivity index (χ1) is 11.0. The maximum Gasteiger partial charge on any atom is 0.319 e. The van der Waals surface area contributed by atoms with Crippen LogP contribution in [-0.4, -0.2) is 41.5 Å². The van der Waals surface area contributed by atoms with Crippen molar-refractivity contribution in [3.8, 4) is 0 Å². The molecule has 126 valence electrons. The van der Waals surface area contributed by atoms with Crippen molar-refractivity contribution < 1.29 is 9.72 Å². The number of nitrogens with zero attached hydrogens (tertiary/aromatic N) is 2. The lowest BCUT2D eigenvalue weighted by Crippen LogP contribution is -2.46. The topological polar surface area (TPSA) is 87.5 Å². The lowest BCUT2D eigenvalue weighted by atomic mass is 10.0. The summed E-state index contributed by atoms with van der Waals surface area (Å²) in [7, 11) is 0. The van der Waals surface area contributed by atoms with Crippen molar-refractivity contribution in [2.75, 3.05) is 25.0 Å². The molecule has 7 nitrogen and oxygen atoms in total. The van der Waals surface area contributed by atoms with E-state index in [9.17, 15) is 14.9 Å². The highest BCUT2D eigenvalue weighted by atomic mass is 16.6. The maximum atomic E-state index is 12.0. The van der Waals surface area contributed by atoms with Crippen LogP contribution in [0.5, 0.6) is 0 Å². The molecule has 0 aliphatic carbocycles. The summed E-state index contributed by atoms with van der Waals surface area (Å²) in [6.07, 6.45) is 2.44. The van der Waals surface area contributed by atoms with Crippen molar-refractivity contribution in [3.63, 3.8) is 0 Å². The van der Waals surface area contributed by atoms with Crippen LogP contribution in [-0.2, 0) is 0 Å². The number of carbonyl (C=O) groups is 1. The normalized spacial score (nSPS) is 16.3. The standard InChI is InChI=1S/C16H24N4O3/c1-12(2)15(19-9-3-4-10-19)11-17-16(21)18-13-5-7-14(8-6-13)20(22)23/h5-8,12,15H,3-4,9-11H2,1-2H3,(H2,17,18,21). The Bertz CT molecular complexity index is 539. The van der Waals surface area contributed by atoms with Crippen LogP contribution in [0.3, 0.4) is 0 Å². The fourth-order valence-corrected chi connectivity index (χ4v) is 2.90. The molecular weight excluding hydrogens is 296 g/mol. The summed E-state index contributed by atoms with van der Waals surface area (Å²) in [5.74, 6) is 0.466. The molecule has 1 aliphatic rings. The Labute approximate surface area is 136 Å². The van der Waals surface area contributed by atoms with Crippen LogP contribution in [0, 0.1) is 16.0 Å². The zero-order chi connectivity index (χ0) is 16.8. The number of urea groups is 1. The molecule has 2 N–H and O–H groups in total. The smallest absolute Gasteiger partial charge is 0.319 e. The van der Waals surface area contributed by atoms with Gasteiger partial charge in [-0.3, -0.25) is 15.0 Å². The molecule has 1 aliphatic heterocycles. The van der Waals surface area contributed by atoms with Crippen LogP contribution in [0.1, 0.15) is 26.7 Å². The zero-order valence-electron chi connectivity index (χ0n) is 13.6. The number of hydrogen-bond donors (Lipinski definition) is 2. The Kier molecular flexibility index (Phi) is 5.92. The van der Waals surface area contributed by atoms with Gasteiger partial charge >= 0.3 is 6.03 Å². The second-order valence-corrected chi connectivity index (χ2v) is 6.19. The predicted octanol–water partition coefficient (Wildman–Crippen LogP) is 2.84.